The predicted octanol–water partition coefficient (Wildman–Crippen LogP) is 0.0636. The van der Waals surface area contributed by atoms with Gasteiger partial charge in [0.1, 0.15) is 0 Å². The van der Waals surface area contributed by atoms with E-state index in [0.29, 0.717) is 19.5 Å². The van der Waals surface area contributed by atoms with Crippen LogP contribution in [-0.4, -0.2) is 35.5 Å². The molecule has 1 aliphatic heterocycles. The number of aliphatic hydroxyl groups is 1. The fourth-order valence-corrected chi connectivity index (χ4v) is 2.11. The molecule has 2 rings (SSSR count). The number of rotatable bonds is 3. The second kappa shape index (κ2) is 4.33. The lowest BCUT2D eigenvalue weighted by Gasteiger charge is -2.33. The summed E-state index contributed by atoms with van der Waals surface area (Å²) in [5.74, 6) is 0. The minimum absolute atomic E-state index is 0.383. The molecule has 4 heteroatoms. The van der Waals surface area contributed by atoms with Gasteiger partial charge in [0, 0.05) is 13.1 Å². The monoisotopic (exact) mass is 220 g/mol. The van der Waals surface area contributed by atoms with Crippen molar-refractivity contribution in [2.75, 3.05) is 13.1 Å². The van der Waals surface area contributed by atoms with Crippen molar-refractivity contribution in [2.24, 2.45) is 5.73 Å². The van der Waals surface area contributed by atoms with Crippen LogP contribution in [-0.2, 0) is 10.5 Å². The molecule has 0 saturated carbocycles. The van der Waals surface area contributed by atoms with E-state index in [1.807, 2.05) is 35.2 Å². The number of carbonyl (C=O) groups is 1. The highest BCUT2D eigenvalue weighted by atomic mass is 16.3. The quantitative estimate of drug-likeness (QED) is 0.707. The summed E-state index contributed by atoms with van der Waals surface area (Å²) in [6.45, 7) is 1.09. The number of carbonyl (C=O) groups excluding carboxylic acids is 1. The summed E-state index contributed by atoms with van der Waals surface area (Å²) >= 11 is 0. The van der Waals surface area contributed by atoms with Crippen LogP contribution in [0.4, 0.5) is 0 Å². The van der Waals surface area contributed by atoms with E-state index >= 15 is 0 Å². The van der Waals surface area contributed by atoms with Gasteiger partial charge in [-0.15, -0.1) is 0 Å². The Labute approximate surface area is 94.7 Å². The number of hydrogen-bond acceptors (Lipinski definition) is 4. The molecule has 2 atom stereocenters. The van der Waals surface area contributed by atoms with Crippen molar-refractivity contribution in [3.05, 3.63) is 35.9 Å². The summed E-state index contributed by atoms with van der Waals surface area (Å²) in [7, 11) is 0. The van der Waals surface area contributed by atoms with Crippen molar-refractivity contribution in [3.8, 4) is 0 Å². The van der Waals surface area contributed by atoms with Gasteiger partial charge in [0.25, 0.3) is 0 Å². The van der Waals surface area contributed by atoms with Crippen LogP contribution in [0.2, 0.25) is 0 Å². The Hall–Kier alpha value is -1.23. The Kier molecular flexibility index (Phi) is 3.05. The van der Waals surface area contributed by atoms with E-state index in [1.54, 1.807) is 0 Å². The van der Waals surface area contributed by atoms with Gasteiger partial charge in [-0.1, -0.05) is 30.3 Å². The second-order valence-corrected chi connectivity index (χ2v) is 4.20. The smallest absolute Gasteiger partial charge is 0.159 e. The van der Waals surface area contributed by atoms with E-state index in [9.17, 15) is 9.90 Å². The summed E-state index contributed by atoms with van der Waals surface area (Å²) in [6, 6.07) is 9.26. The van der Waals surface area contributed by atoms with Crippen LogP contribution in [0.5, 0.6) is 0 Å². The highest BCUT2D eigenvalue weighted by Crippen LogP contribution is 2.25. The van der Waals surface area contributed by atoms with E-state index in [4.69, 9.17) is 5.73 Å². The van der Waals surface area contributed by atoms with Gasteiger partial charge < -0.3 is 10.8 Å². The molecule has 0 aliphatic carbocycles. The number of β-amino-alcohol motifs (C(OH)–C–C–N with tert-alkyl or cyclic N) is 1. The van der Waals surface area contributed by atoms with E-state index in [-0.39, 0.29) is 6.10 Å². The topological polar surface area (TPSA) is 66.6 Å². The zero-order valence-electron chi connectivity index (χ0n) is 9.04. The number of nitrogens with zero attached hydrogens (tertiary/aromatic N) is 1. The fourth-order valence-electron chi connectivity index (χ4n) is 2.11. The van der Waals surface area contributed by atoms with Crippen LogP contribution in [0, 0.1) is 0 Å². The van der Waals surface area contributed by atoms with Gasteiger partial charge in [-0.2, -0.15) is 0 Å². The van der Waals surface area contributed by atoms with Crippen LogP contribution in [0.1, 0.15) is 12.0 Å². The number of likely N-dealkylation sites (tertiary alicyclic amines) is 1. The van der Waals surface area contributed by atoms with Gasteiger partial charge in [0.05, 0.1) is 6.10 Å². The Morgan fingerprint density at radius 3 is 2.62 bits per heavy atom. The molecule has 4 nitrogen and oxygen atoms in total. The van der Waals surface area contributed by atoms with E-state index < -0.39 is 5.66 Å². The minimum atomic E-state index is -1.11. The van der Waals surface area contributed by atoms with Crippen molar-refractivity contribution in [3.63, 3.8) is 0 Å². The molecule has 3 N–H and O–H groups in total. The van der Waals surface area contributed by atoms with Gasteiger partial charge in [0.15, 0.2) is 11.9 Å². The Bertz CT molecular complexity index is 369. The summed E-state index contributed by atoms with van der Waals surface area (Å²) in [5.41, 5.74) is 5.78. The standard InChI is InChI=1S/C12H16N2O2/c13-12(9-15,10-4-2-1-3-5-10)14-7-6-11(16)8-14/h1-5,9,11,16H,6-8,13H2/t11-,12?/m0/s1. The molecule has 1 heterocycles. The van der Waals surface area contributed by atoms with E-state index in [0.717, 1.165) is 11.8 Å². The average Bonchev–Trinajstić information content (AvgIpc) is 2.76. The highest BCUT2D eigenvalue weighted by molar-refractivity contribution is 5.66. The van der Waals surface area contributed by atoms with Crippen LogP contribution >= 0.6 is 0 Å². The number of hydrogen-bond donors (Lipinski definition) is 2. The molecular formula is C12H16N2O2. The molecule has 0 radical (unpaired) electrons. The van der Waals surface area contributed by atoms with Crippen molar-refractivity contribution in [1.82, 2.24) is 4.90 Å². The molecule has 1 fully saturated rings. The number of aliphatic hydroxyl groups excluding tert-OH is 1. The van der Waals surface area contributed by atoms with Gasteiger partial charge in [-0.05, 0) is 12.0 Å². The molecule has 0 amide bonds. The molecular weight excluding hydrogens is 204 g/mol. The predicted molar refractivity (Wildman–Crippen MR) is 60.6 cm³/mol. The first-order valence-corrected chi connectivity index (χ1v) is 5.40. The Morgan fingerprint density at radius 2 is 2.12 bits per heavy atom. The molecule has 0 spiro atoms. The van der Waals surface area contributed by atoms with Gasteiger partial charge >= 0.3 is 0 Å². The maximum atomic E-state index is 11.3. The Morgan fingerprint density at radius 1 is 1.44 bits per heavy atom. The van der Waals surface area contributed by atoms with Crippen LogP contribution in [0.25, 0.3) is 0 Å². The minimum Gasteiger partial charge on any atom is -0.392 e. The highest BCUT2D eigenvalue weighted by Gasteiger charge is 2.38. The van der Waals surface area contributed by atoms with E-state index in [1.165, 1.54) is 0 Å². The average molecular weight is 220 g/mol. The molecule has 86 valence electrons. The lowest BCUT2D eigenvalue weighted by Crippen LogP contribution is -2.53. The number of benzene rings is 1. The molecule has 1 saturated heterocycles. The van der Waals surface area contributed by atoms with E-state index in [2.05, 4.69) is 0 Å². The second-order valence-electron chi connectivity index (χ2n) is 4.20. The summed E-state index contributed by atoms with van der Waals surface area (Å²) in [6.07, 6.45) is 1.03. The maximum Gasteiger partial charge on any atom is 0.159 e. The third-order valence-corrected chi connectivity index (χ3v) is 3.10. The van der Waals surface area contributed by atoms with Crippen molar-refractivity contribution in [1.29, 1.82) is 0 Å². The van der Waals surface area contributed by atoms with Crippen LogP contribution in [0.15, 0.2) is 30.3 Å². The van der Waals surface area contributed by atoms with Crippen molar-refractivity contribution < 1.29 is 9.90 Å². The molecule has 16 heavy (non-hydrogen) atoms. The van der Waals surface area contributed by atoms with Gasteiger partial charge in [0.2, 0.25) is 0 Å². The first-order valence-electron chi connectivity index (χ1n) is 5.40. The number of nitrogens with two attached hydrogens (primary N) is 1. The summed E-state index contributed by atoms with van der Waals surface area (Å²) < 4.78 is 0. The fraction of sp³-hybridized carbons (Fsp3) is 0.417. The van der Waals surface area contributed by atoms with Crippen LogP contribution in [0.3, 0.4) is 0 Å². The van der Waals surface area contributed by atoms with Gasteiger partial charge in [-0.25, -0.2) is 0 Å². The summed E-state index contributed by atoms with van der Waals surface area (Å²) in [4.78, 5) is 13.1. The molecule has 1 aliphatic rings. The lowest BCUT2D eigenvalue weighted by atomic mass is 10.0. The third-order valence-electron chi connectivity index (χ3n) is 3.10. The summed E-state index contributed by atoms with van der Waals surface area (Å²) in [5, 5.41) is 9.49. The lowest BCUT2D eigenvalue weighted by molar-refractivity contribution is -0.118. The molecule has 1 aromatic carbocycles. The molecule has 0 aromatic heterocycles. The third kappa shape index (κ3) is 1.87. The SMILES string of the molecule is NC(C=O)(c1ccccc1)N1CC[C@H](O)C1. The molecule has 1 aromatic rings. The van der Waals surface area contributed by atoms with Crippen molar-refractivity contribution in [2.45, 2.75) is 18.2 Å². The normalized spacial score (nSPS) is 25.2. The van der Waals surface area contributed by atoms with Crippen LogP contribution < -0.4 is 5.73 Å². The molecule has 0 bridgehead atoms. The van der Waals surface area contributed by atoms with Gasteiger partial charge in [-0.3, -0.25) is 9.69 Å². The number of aldehydes is 1. The largest absolute Gasteiger partial charge is 0.392 e. The zero-order chi connectivity index (χ0) is 11.6. The maximum absolute atomic E-state index is 11.3. The molecule has 1 unspecified atom stereocenters. The first-order chi connectivity index (χ1) is 7.66. The zero-order valence-corrected chi connectivity index (χ0v) is 9.04. The van der Waals surface area contributed by atoms with Crippen molar-refractivity contribution >= 4 is 6.29 Å². The first kappa shape index (κ1) is 11.3. The Balaban J connectivity index is 2.29.